The molecule has 1 aromatic rings. The summed E-state index contributed by atoms with van der Waals surface area (Å²) in [5, 5.41) is 9.48. The van der Waals surface area contributed by atoms with E-state index in [2.05, 4.69) is 0 Å². The monoisotopic (exact) mass is 425 g/mol. The average Bonchev–Trinajstić information content (AvgIpc) is 3.14. The quantitative estimate of drug-likeness (QED) is 0.414. The number of rotatable bonds is 6. The lowest BCUT2D eigenvalue weighted by atomic mass is 10.1. The lowest BCUT2D eigenvalue weighted by molar-refractivity contribution is -0.159. The van der Waals surface area contributed by atoms with Gasteiger partial charge in [-0.15, -0.1) is 0 Å². The van der Waals surface area contributed by atoms with Gasteiger partial charge in [-0.1, -0.05) is 23.7 Å². The van der Waals surface area contributed by atoms with Gasteiger partial charge in [-0.2, -0.15) is 0 Å². The molecule has 1 heterocycles. The molecule has 1 aliphatic rings. The molecule has 0 aromatic heterocycles. The van der Waals surface area contributed by atoms with E-state index in [1.807, 2.05) is 12.1 Å². The largest absolute Gasteiger partial charge is 0.458 e. The molecule has 29 heavy (non-hydrogen) atoms. The molecule has 3 amide bonds. The molecule has 0 saturated carbocycles. The van der Waals surface area contributed by atoms with E-state index in [-0.39, 0.29) is 13.1 Å². The van der Waals surface area contributed by atoms with Crippen molar-refractivity contribution in [2.24, 2.45) is 0 Å². The third kappa shape index (κ3) is 6.90. The topological polar surface area (TPSA) is 99.2 Å². The number of likely N-dealkylation sites (tertiary alicyclic amines) is 1. The molecule has 0 spiro atoms. The molecule has 1 atom stereocenters. The van der Waals surface area contributed by atoms with Crippen molar-refractivity contribution in [3.63, 3.8) is 0 Å². The van der Waals surface area contributed by atoms with Crippen molar-refractivity contribution >= 4 is 29.5 Å². The number of nitrogens with one attached hydrogen (secondary N) is 1. The Bertz CT molecular complexity index is 733. The molecule has 8 nitrogen and oxygen atoms in total. The minimum Gasteiger partial charge on any atom is -0.458 e. The predicted molar refractivity (Wildman–Crippen MR) is 108 cm³/mol. The van der Waals surface area contributed by atoms with E-state index >= 15 is 0 Å². The molecule has 0 aliphatic carbocycles. The Kier molecular flexibility index (Phi) is 7.87. The number of hydroxylamine groups is 1. The Morgan fingerprint density at radius 1 is 1.28 bits per heavy atom. The number of amides is 3. The molecule has 0 bridgehead atoms. The van der Waals surface area contributed by atoms with Crippen LogP contribution in [0.25, 0.3) is 0 Å². The molecule has 0 radical (unpaired) electrons. The zero-order valence-electron chi connectivity index (χ0n) is 17.0. The second kappa shape index (κ2) is 9.93. The van der Waals surface area contributed by atoms with E-state index < -0.39 is 29.6 Å². The summed E-state index contributed by atoms with van der Waals surface area (Å²) in [5.41, 5.74) is 1.84. The van der Waals surface area contributed by atoms with Crippen LogP contribution in [0, 0.1) is 0 Å². The van der Waals surface area contributed by atoms with Gasteiger partial charge in [0.15, 0.2) is 0 Å². The summed E-state index contributed by atoms with van der Waals surface area (Å²) in [6, 6.07) is 6.07. The zero-order valence-corrected chi connectivity index (χ0v) is 17.7. The second-order valence-corrected chi connectivity index (χ2v) is 8.44. The van der Waals surface area contributed by atoms with Crippen molar-refractivity contribution in [2.75, 3.05) is 19.6 Å². The highest BCUT2D eigenvalue weighted by atomic mass is 35.5. The van der Waals surface area contributed by atoms with Gasteiger partial charge in [0.1, 0.15) is 18.2 Å². The van der Waals surface area contributed by atoms with Crippen LogP contribution >= 0.6 is 11.6 Å². The van der Waals surface area contributed by atoms with Crippen LogP contribution in [0.15, 0.2) is 24.3 Å². The first-order valence-corrected chi connectivity index (χ1v) is 9.94. The number of benzene rings is 1. The van der Waals surface area contributed by atoms with Crippen LogP contribution in [0.3, 0.4) is 0 Å². The van der Waals surface area contributed by atoms with Crippen LogP contribution in [0.4, 0.5) is 4.79 Å². The number of carbonyl (C=O) groups is 3. The number of halogens is 1. The van der Waals surface area contributed by atoms with Crippen LogP contribution in [0.2, 0.25) is 5.02 Å². The maximum Gasteiger partial charge on any atom is 0.329 e. The fraction of sp³-hybridized carbons (Fsp3) is 0.550. The summed E-state index contributed by atoms with van der Waals surface area (Å²) in [7, 11) is 0. The minimum absolute atomic E-state index is 0.241. The lowest BCUT2D eigenvalue weighted by Gasteiger charge is -2.32. The summed E-state index contributed by atoms with van der Waals surface area (Å²) in [6.45, 7) is 5.65. The van der Waals surface area contributed by atoms with Gasteiger partial charge in [-0.05, 0) is 57.7 Å². The summed E-state index contributed by atoms with van der Waals surface area (Å²) in [5.74, 6) is -1.16. The third-order valence-electron chi connectivity index (χ3n) is 4.49. The van der Waals surface area contributed by atoms with Crippen molar-refractivity contribution < 1.29 is 24.3 Å². The second-order valence-electron chi connectivity index (χ2n) is 8.00. The fourth-order valence-corrected chi connectivity index (χ4v) is 3.28. The average molecular weight is 426 g/mol. The molecule has 2 N–H and O–H groups in total. The molecule has 9 heteroatoms. The van der Waals surface area contributed by atoms with Gasteiger partial charge in [-0.3, -0.25) is 10.0 Å². The van der Waals surface area contributed by atoms with Gasteiger partial charge in [-0.25, -0.2) is 15.1 Å². The smallest absolute Gasteiger partial charge is 0.329 e. The molecular weight excluding hydrogens is 398 g/mol. The predicted octanol–water partition coefficient (Wildman–Crippen LogP) is 2.62. The van der Waals surface area contributed by atoms with Gasteiger partial charge in [0.25, 0.3) is 5.91 Å². The molecule has 1 fully saturated rings. The fourth-order valence-electron chi connectivity index (χ4n) is 3.16. The SMILES string of the molecule is CC(C)(C)OC(=O)[C@@H]1CCCN1C(=O)N(CCc1ccc(Cl)cc1)CC(=O)NO. The number of hydrogen-bond acceptors (Lipinski definition) is 5. The van der Waals surface area contributed by atoms with E-state index in [1.54, 1.807) is 38.4 Å². The molecule has 0 unspecified atom stereocenters. The van der Waals surface area contributed by atoms with E-state index in [1.165, 1.54) is 9.80 Å². The normalized spacial score (nSPS) is 16.4. The van der Waals surface area contributed by atoms with Crippen LogP contribution in [-0.4, -0.2) is 64.2 Å². The summed E-state index contributed by atoms with van der Waals surface area (Å²) in [6.07, 6.45) is 1.68. The number of hydrogen-bond donors (Lipinski definition) is 2. The van der Waals surface area contributed by atoms with Crippen molar-refractivity contribution in [3.05, 3.63) is 34.9 Å². The highest BCUT2D eigenvalue weighted by Gasteiger charge is 2.39. The van der Waals surface area contributed by atoms with Gasteiger partial charge < -0.3 is 14.5 Å². The van der Waals surface area contributed by atoms with Gasteiger partial charge in [0.2, 0.25) is 0 Å². The maximum atomic E-state index is 13.1. The third-order valence-corrected chi connectivity index (χ3v) is 4.74. The Morgan fingerprint density at radius 3 is 2.52 bits per heavy atom. The van der Waals surface area contributed by atoms with Crippen LogP contribution in [-0.2, 0) is 20.7 Å². The Labute approximate surface area is 175 Å². The van der Waals surface area contributed by atoms with Gasteiger partial charge in [0.05, 0.1) is 0 Å². The van der Waals surface area contributed by atoms with E-state index in [9.17, 15) is 14.4 Å². The molecule has 1 aromatic carbocycles. The molecule has 2 rings (SSSR count). The minimum atomic E-state index is -0.706. The zero-order chi connectivity index (χ0) is 21.6. The number of esters is 1. The van der Waals surface area contributed by atoms with E-state index in [4.69, 9.17) is 21.5 Å². The van der Waals surface area contributed by atoms with Gasteiger partial charge in [0, 0.05) is 18.1 Å². The first kappa shape index (κ1) is 23.0. The van der Waals surface area contributed by atoms with Crippen molar-refractivity contribution in [1.82, 2.24) is 15.3 Å². The number of ether oxygens (including phenoxy) is 1. The van der Waals surface area contributed by atoms with Crippen molar-refractivity contribution in [1.29, 1.82) is 0 Å². The number of nitrogens with zero attached hydrogens (tertiary/aromatic N) is 2. The highest BCUT2D eigenvalue weighted by Crippen LogP contribution is 2.23. The van der Waals surface area contributed by atoms with Crippen LogP contribution in [0.5, 0.6) is 0 Å². The summed E-state index contributed by atoms with van der Waals surface area (Å²) >= 11 is 5.89. The van der Waals surface area contributed by atoms with Crippen LogP contribution in [0.1, 0.15) is 39.2 Å². The summed E-state index contributed by atoms with van der Waals surface area (Å²) in [4.78, 5) is 40.1. The lowest BCUT2D eigenvalue weighted by Crippen LogP contribution is -2.51. The highest BCUT2D eigenvalue weighted by molar-refractivity contribution is 6.30. The van der Waals surface area contributed by atoms with Crippen molar-refractivity contribution in [3.8, 4) is 0 Å². The molecule has 1 aliphatic heterocycles. The van der Waals surface area contributed by atoms with E-state index in [0.717, 1.165) is 5.56 Å². The van der Waals surface area contributed by atoms with Gasteiger partial charge >= 0.3 is 12.0 Å². The molecular formula is C20H28ClN3O5. The molecule has 160 valence electrons. The number of carbonyl (C=O) groups excluding carboxylic acids is 3. The standard InChI is InChI=1S/C20H28ClN3O5/c1-20(2,3)29-18(26)16-5-4-11-24(16)19(27)23(13-17(25)22-28)12-10-14-6-8-15(21)9-7-14/h6-9,16,28H,4-5,10-13H2,1-3H3,(H,22,25)/t16-/m0/s1. The Morgan fingerprint density at radius 2 is 1.93 bits per heavy atom. The summed E-state index contributed by atoms with van der Waals surface area (Å²) < 4.78 is 5.44. The first-order valence-electron chi connectivity index (χ1n) is 9.56. The first-order chi connectivity index (χ1) is 13.6. The van der Waals surface area contributed by atoms with E-state index in [0.29, 0.717) is 30.8 Å². The maximum absolute atomic E-state index is 13.1. The molecule has 1 saturated heterocycles. The Balaban J connectivity index is 2.11. The van der Waals surface area contributed by atoms with Crippen LogP contribution < -0.4 is 5.48 Å². The number of urea groups is 1. The van der Waals surface area contributed by atoms with Crippen molar-refractivity contribution in [2.45, 2.75) is 51.7 Å². The Hall–Kier alpha value is -2.32.